The lowest BCUT2D eigenvalue weighted by Crippen LogP contribution is -2.26. The summed E-state index contributed by atoms with van der Waals surface area (Å²) in [5, 5.41) is 3.19. The van der Waals surface area contributed by atoms with Crippen LogP contribution in [0.4, 0.5) is 0 Å². The predicted octanol–water partition coefficient (Wildman–Crippen LogP) is 6.33. The van der Waals surface area contributed by atoms with E-state index in [1.165, 1.54) is 5.56 Å². The first-order valence-corrected chi connectivity index (χ1v) is 10.7. The Morgan fingerprint density at radius 1 is 1.03 bits per heavy atom. The van der Waals surface area contributed by atoms with Gasteiger partial charge in [0.1, 0.15) is 0 Å². The van der Waals surface area contributed by atoms with Gasteiger partial charge in [0.05, 0.1) is 0 Å². The van der Waals surface area contributed by atoms with Crippen molar-refractivity contribution in [1.82, 2.24) is 9.55 Å². The Kier molecular flexibility index (Phi) is 8.05. The average Bonchev–Trinajstić information content (AvgIpc) is 3.15. The van der Waals surface area contributed by atoms with E-state index in [0.717, 1.165) is 45.4 Å². The molecule has 32 heavy (non-hydrogen) atoms. The number of aromatic nitrogens is 2. The van der Waals surface area contributed by atoms with Gasteiger partial charge in [0.15, 0.2) is 0 Å². The molecule has 0 spiro atoms. The molecule has 0 aliphatic carbocycles. The van der Waals surface area contributed by atoms with E-state index in [2.05, 4.69) is 72.4 Å². The molecule has 2 heteroatoms. The summed E-state index contributed by atoms with van der Waals surface area (Å²) in [5.41, 5.74) is 4.46. The Bertz CT molecular complexity index is 1340. The highest BCUT2D eigenvalue weighted by molar-refractivity contribution is 5.85. The zero-order valence-electron chi connectivity index (χ0n) is 18.5. The van der Waals surface area contributed by atoms with Crippen molar-refractivity contribution in [2.45, 2.75) is 12.8 Å². The summed E-state index contributed by atoms with van der Waals surface area (Å²) in [4.78, 5) is 3.32. The number of allylic oxidation sites excluding steroid dienone is 6. The van der Waals surface area contributed by atoms with Gasteiger partial charge in [0, 0.05) is 34.7 Å². The van der Waals surface area contributed by atoms with Crippen LogP contribution in [0.25, 0.3) is 35.3 Å². The Morgan fingerprint density at radius 3 is 2.66 bits per heavy atom. The quantitative estimate of drug-likeness (QED) is 0.326. The van der Waals surface area contributed by atoms with Gasteiger partial charge in [-0.15, -0.1) is 6.58 Å². The third kappa shape index (κ3) is 5.55. The number of aryl methyl sites for hydroxylation is 1. The Balaban J connectivity index is 1.97. The molecular weight excluding hydrogens is 388 g/mol. The zero-order chi connectivity index (χ0) is 22.8. The summed E-state index contributed by atoms with van der Waals surface area (Å²) in [5.74, 6) is 0. The molecule has 2 aromatic heterocycles. The van der Waals surface area contributed by atoms with Crippen LogP contribution in [0.2, 0.25) is 0 Å². The number of hydrogen-bond acceptors (Lipinski definition) is 0. The molecule has 3 rings (SSSR count). The van der Waals surface area contributed by atoms with Gasteiger partial charge in [-0.25, -0.2) is 0 Å². The van der Waals surface area contributed by atoms with Gasteiger partial charge in [-0.05, 0) is 59.2 Å². The van der Waals surface area contributed by atoms with Crippen molar-refractivity contribution in [1.29, 1.82) is 0 Å². The van der Waals surface area contributed by atoms with Crippen molar-refractivity contribution in [3.8, 4) is 0 Å². The second-order valence-electron chi connectivity index (χ2n) is 7.37. The maximum absolute atomic E-state index is 4.26. The summed E-state index contributed by atoms with van der Waals surface area (Å²) < 4.78 is 2.06. The smallest absolute Gasteiger partial charge is 0.0453 e. The highest BCUT2D eigenvalue weighted by atomic mass is 14.9. The standard InChI is InChI=1S/C30H30N2/c1-5-8-15-28-23-32(24(4)29(28)14-6-2)21-13-17-25(7-3)26-18-19-30-27(22-26)16-11-9-10-12-20-31-30/h5-7,9-14,16-23,31H,1-4,8,15H2/b10-9?,16-11?,20-12?,21-13+,25-17+,29-14+. The van der Waals surface area contributed by atoms with Gasteiger partial charge in [-0.1, -0.05) is 80.4 Å². The van der Waals surface area contributed by atoms with Crippen molar-refractivity contribution in [3.63, 3.8) is 0 Å². The molecule has 160 valence electrons. The van der Waals surface area contributed by atoms with E-state index in [0.29, 0.717) is 0 Å². The molecule has 1 aromatic carbocycles. The molecule has 1 N–H and O–H groups in total. The Morgan fingerprint density at radius 2 is 1.88 bits per heavy atom. The topological polar surface area (TPSA) is 20.7 Å². The van der Waals surface area contributed by atoms with Gasteiger partial charge in [-0.3, -0.25) is 0 Å². The Hall–Kier alpha value is -4.04. The Labute approximate surface area is 190 Å². The number of benzene rings is 1. The molecule has 0 aliphatic heterocycles. The zero-order valence-corrected chi connectivity index (χ0v) is 18.5. The molecule has 2 heterocycles. The molecule has 3 aromatic rings. The SMILES string of the molecule is C=C/C=c1/c(CCC=C)cn(/C=C/C=C(\C=C)c2ccc3[nH]ccccccc3c2)c1=C. The number of aromatic amines is 1. The monoisotopic (exact) mass is 418 g/mol. The molecule has 0 saturated carbocycles. The second kappa shape index (κ2) is 11.4. The fourth-order valence-corrected chi connectivity index (χ4v) is 3.56. The van der Waals surface area contributed by atoms with E-state index in [1.54, 1.807) is 0 Å². The van der Waals surface area contributed by atoms with Gasteiger partial charge >= 0.3 is 0 Å². The highest BCUT2D eigenvalue weighted by Gasteiger charge is 2.02. The molecule has 0 atom stereocenters. The van der Waals surface area contributed by atoms with Crippen molar-refractivity contribution >= 4 is 35.3 Å². The maximum atomic E-state index is 4.26. The van der Waals surface area contributed by atoms with Gasteiger partial charge in [-0.2, -0.15) is 0 Å². The predicted molar refractivity (Wildman–Crippen MR) is 142 cm³/mol. The molecule has 0 saturated heterocycles. The molecule has 0 bridgehead atoms. The van der Waals surface area contributed by atoms with Crippen LogP contribution in [0.15, 0.2) is 111 Å². The first-order valence-electron chi connectivity index (χ1n) is 10.7. The van der Waals surface area contributed by atoms with Gasteiger partial charge in [0.2, 0.25) is 0 Å². The van der Waals surface area contributed by atoms with Crippen molar-refractivity contribution in [2.75, 3.05) is 0 Å². The third-order valence-corrected chi connectivity index (χ3v) is 5.24. The molecule has 0 radical (unpaired) electrons. The van der Waals surface area contributed by atoms with Gasteiger partial charge < -0.3 is 9.55 Å². The summed E-state index contributed by atoms with van der Waals surface area (Å²) in [6.45, 7) is 15.9. The van der Waals surface area contributed by atoms with Crippen LogP contribution in [0.3, 0.4) is 0 Å². The van der Waals surface area contributed by atoms with Crippen molar-refractivity contribution in [2.24, 2.45) is 0 Å². The van der Waals surface area contributed by atoms with E-state index in [-0.39, 0.29) is 0 Å². The fraction of sp³-hybridized carbons (Fsp3) is 0.0667. The number of nitrogens with zero attached hydrogens (tertiary/aromatic N) is 1. The lowest BCUT2D eigenvalue weighted by molar-refractivity contribution is 0.994. The van der Waals surface area contributed by atoms with Crippen molar-refractivity contribution < 1.29 is 0 Å². The van der Waals surface area contributed by atoms with Crippen LogP contribution >= 0.6 is 0 Å². The number of hydrogen-bond donors (Lipinski definition) is 1. The largest absolute Gasteiger partial charge is 0.361 e. The van der Waals surface area contributed by atoms with Crippen LogP contribution in [-0.4, -0.2) is 9.55 Å². The van der Waals surface area contributed by atoms with E-state index in [4.69, 9.17) is 0 Å². The molecule has 2 nitrogen and oxygen atoms in total. The van der Waals surface area contributed by atoms with Crippen molar-refractivity contribution in [3.05, 3.63) is 133 Å². The minimum Gasteiger partial charge on any atom is -0.361 e. The number of fused-ring (bicyclic) bond motifs is 1. The summed E-state index contributed by atoms with van der Waals surface area (Å²) in [6, 6.07) is 16.5. The van der Waals surface area contributed by atoms with Crippen LogP contribution in [0, 0.1) is 0 Å². The lowest BCUT2D eigenvalue weighted by atomic mass is 10.0. The van der Waals surface area contributed by atoms with Crippen LogP contribution in [-0.2, 0) is 6.42 Å². The van der Waals surface area contributed by atoms with Crippen LogP contribution < -0.4 is 10.6 Å². The summed E-state index contributed by atoms with van der Waals surface area (Å²) in [6.07, 6.45) is 19.7. The number of H-pyrrole nitrogens is 1. The lowest BCUT2D eigenvalue weighted by Gasteiger charge is -2.03. The summed E-state index contributed by atoms with van der Waals surface area (Å²) in [7, 11) is 0. The molecule has 0 fully saturated rings. The minimum absolute atomic E-state index is 0.929. The van der Waals surface area contributed by atoms with Gasteiger partial charge in [0.25, 0.3) is 0 Å². The van der Waals surface area contributed by atoms with E-state index < -0.39 is 0 Å². The first-order chi connectivity index (χ1) is 15.7. The van der Waals surface area contributed by atoms with E-state index in [1.807, 2.05) is 67.0 Å². The molecule has 0 amide bonds. The normalized spacial score (nSPS) is 12.1. The molecule has 0 unspecified atom stereocenters. The average molecular weight is 419 g/mol. The molecular formula is C30H30N2. The number of rotatable bonds is 8. The highest BCUT2D eigenvalue weighted by Crippen LogP contribution is 2.20. The van der Waals surface area contributed by atoms with Crippen LogP contribution in [0.5, 0.6) is 0 Å². The number of nitrogens with one attached hydrogen (secondary N) is 1. The second-order valence-corrected chi connectivity index (χ2v) is 7.37. The first kappa shape index (κ1) is 22.6. The third-order valence-electron chi connectivity index (χ3n) is 5.24. The molecule has 0 aliphatic rings. The van der Waals surface area contributed by atoms with E-state index in [9.17, 15) is 0 Å². The van der Waals surface area contributed by atoms with E-state index >= 15 is 0 Å². The minimum atomic E-state index is 0.929. The maximum Gasteiger partial charge on any atom is 0.0453 e. The van der Waals surface area contributed by atoms with Crippen LogP contribution in [0.1, 0.15) is 17.5 Å². The summed E-state index contributed by atoms with van der Waals surface area (Å²) >= 11 is 0. The fourth-order valence-electron chi connectivity index (χ4n) is 3.56.